The summed E-state index contributed by atoms with van der Waals surface area (Å²) in [6, 6.07) is 0. The fourth-order valence-corrected chi connectivity index (χ4v) is 1.58. The Labute approximate surface area is 85.3 Å². The van der Waals surface area contributed by atoms with Crippen LogP contribution in [0.5, 0.6) is 0 Å². The van der Waals surface area contributed by atoms with Gasteiger partial charge in [-0.2, -0.15) is 0 Å². The summed E-state index contributed by atoms with van der Waals surface area (Å²) in [5.41, 5.74) is 0.861. The molecule has 1 aliphatic rings. The highest BCUT2D eigenvalue weighted by Crippen LogP contribution is 2.10. The van der Waals surface area contributed by atoms with Gasteiger partial charge in [0.25, 0.3) is 0 Å². The molecule has 0 radical (unpaired) electrons. The lowest BCUT2D eigenvalue weighted by Gasteiger charge is -2.08. The molecule has 1 fully saturated rings. The van der Waals surface area contributed by atoms with E-state index in [1.165, 1.54) is 6.42 Å². The van der Waals surface area contributed by atoms with Gasteiger partial charge in [-0.05, 0) is 18.8 Å². The van der Waals surface area contributed by atoms with Crippen LogP contribution in [0.4, 0.5) is 0 Å². The summed E-state index contributed by atoms with van der Waals surface area (Å²) in [4.78, 5) is 0. The zero-order valence-electron chi connectivity index (χ0n) is 8.83. The molecule has 1 aliphatic heterocycles. The molecule has 0 aromatic carbocycles. The topological polar surface area (TPSA) is 53.8 Å². The smallest absolute Gasteiger partial charge is 0.0580 e. The van der Waals surface area contributed by atoms with Crippen LogP contribution in [0.3, 0.4) is 0 Å². The lowest BCUT2D eigenvalue weighted by Crippen LogP contribution is -2.25. The van der Waals surface area contributed by atoms with Gasteiger partial charge in [0.1, 0.15) is 0 Å². The molecule has 1 atom stereocenters. The highest BCUT2D eigenvalue weighted by atomic mass is 16.5. The van der Waals surface area contributed by atoms with Crippen LogP contribution < -0.4 is 5.32 Å². The van der Waals surface area contributed by atoms with Gasteiger partial charge in [0.05, 0.1) is 12.3 Å². The van der Waals surface area contributed by atoms with Crippen molar-refractivity contribution >= 4 is 5.71 Å². The predicted molar refractivity (Wildman–Crippen MR) is 55.9 cm³/mol. The van der Waals surface area contributed by atoms with Gasteiger partial charge in [0, 0.05) is 26.1 Å². The SMILES string of the molecule is CC/C(CCNCC1CCOC1)=N\O. The molecule has 82 valence electrons. The first kappa shape index (κ1) is 11.5. The monoisotopic (exact) mass is 200 g/mol. The average Bonchev–Trinajstić information content (AvgIpc) is 2.71. The van der Waals surface area contributed by atoms with Crippen LogP contribution in [0.15, 0.2) is 5.16 Å². The van der Waals surface area contributed by atoms with E-state index in [1.807, 2.05) is 6.92 Å². The van der Waals surface area contributed by atoms with E-state index >= 15 is 0 Å². The van der Waals surface area contributed by atoms with Crippen molar-refractivity contribution in [3.8, 4) is 0 Å². The molecule has 0 amide bonds. The summed E-state index contributed by atoms with van der Waals surface area (Å²) < 4.78 is 5.27. The van der Waals surface area contributed by atoms with Crippen molar-refractivity contribution in [1.82, 2.24) is 5.32 Å². The Kier molecular flexibility index (Phi) is 5.56. The molecule has 0 aliphatic carbocycles. The fraction of sp³-hybridized carbons (Fsp3) is 0.900. The van der Waals surface area contributed by atoms with E-state index in [0.29, 0.717) is 5.92 Å². The molecule has 2 N–H and O–H groups in total. The van der Waals surface area contributed by atoms with Crippen molar-refractivity contribution in [2.75, 3.05) is 26.3 Å². The number of nitrogens with one attached hydrogen (secondary N) is 1. The Bertz CT molecular complexity index is 177. The van der Waals surface area contributed by atoms with E-state index in [2.05, 4.69) is 10.5 Å². The normalized spacial score (nSPS) is 22.9. The van der Waals surface area contributed by atoms with Crippen LogP contribution in [0.25, 0.3) is 0 Å². The van der Waals surface area contributed by atoms with Gasteiger partial charge in [-0.25, -0.2) is 0 Å². The quantitative estimate of drug-likeness (QED) is 0.293. The van der Waals surface area contributed by atoms with Crippen molar-refractivity contribution in [2.45, 2.75) is 26.2 Å². The van der Waals surface area contributed by atoms with Crippen LogP contribution in [-0.4, -0.2) is 37.2 Å². The van der Waals surface area contributed by atoms with Crippen LogP contribution in [0, 0.1) is 5.92 Å². The second-order valence-electron chi connectivity index (χ2n) is 3.70. The standard InChI is InChI=1S/C10H20N2O2/c1-2-10(12-13)3-5-11-7-9-4-6-14-8-9/h9,11,13H,2-8H2,1H3/b12-10+. The van der Waals surface area contributed by atoms with E-state index < -0.39 is 0 Å². The molecule has 4 nitrogen and oxygen atoms in total. The fourth-order valence-electron chi connectivity index (χ4n) is 1.58. The molecule has 0 saturated carbocycles. The number of hydrogen-bond donors (Lipinski definition) is 2. The first-order valence-corrected chi connectivity index (χ1v) is 5.35. The Hall–Kier alpha value is -0.610. The summed E-state index contributed by atoms with van der Waals surface area (Å²) in [6.07, 6.45) is 2.83. The molecule has 1 heterocycles. The summed E-state index contributed by atoms with van der Waals surface area (Å²) in [6.45, 7) is 5.71. The van der Waals surface area contributed by atoms with Gasteiger partial charge in [-0.1, -0.05) is 12.1 Å². The van der Waals surface area contributed by atoms with Crippen molar-refractivity contribution in [3.05, 3.63) is 0 Å². The Morgan fingerprint density at radius 3 is 3.07 bits per heavy atom. The van der Waals surface area contributed by atoms with Crippen molar-refractivity contribution in [3.63, 3.8) is 0 Å². The highest BCUT2D eigenvalue weighted by molar-refractivity contribution is 5.83. The number of rotatable bonds is 6. The largest absolute Gasteiger partial charge is 0.411 e. The third-order valence-electron chi connectivity index (χ3n) is 2.60. The van der Waals surface area contributed by atoms with Gasteiger partial charge in [-0.3, -0.25) is 0 Å². The van der Waals surface area contributed by atoms with Gasteiger partial charge in [0.2, 0.25) is 0 Å². The maximum Gasteiger partial charge on any atom is 0.0580 e. The Morgan fingerprint density at radius 1 is 1.64 bits per heavy atom. The summed E-state index contributed by atoms with van der Waals surface area (Å²) >= 11 is 0. The third-order valence-corrected chi connectivity index (χ3v) is 2.60. The number of oxime groups is 1. The molecular weight excluding hydrogens is 180 g/mol. The number of nitrogens with zero attached hydrogens (tertiary/aromatic N) is 1. The number of ether oxygens (including phenoxy) is 1. The van der Waals surface area contributed by atoms with E-state index in [1.54, 1.807) is 0 Å². The maximum atomic E-state index is 8.58. The van der Waals surface area contributed by atoms with Gasteiger partial charge in [0.15, 0.2) is 0 Å². The summed E-state index contributed by atoms with van der Waals surface area (Å²) in [5, 5.41) is 15.2. The average molecular weight is 200 g/mol. The minimum atomic E-state index is 0.672. The van der Waals surface area contributed by atoms with E-state index in [0.717, 1.165) is 44.9 Å². The van der Waals surface area contributed by atoms with Crippen molar-refractivity contribution < 1.29 is 9.94 Å². The van der Waals surface area contributed by atoms with E-state index in [9.17, 15) is 0 Å². The van der Waals surface area contributed by atoms with Crippen LogP contribution >= 0.6 is 0 Å². The lowest BCUT2D eigenvalue weighted by atomic mass is 10.1. The number of hydrogen-bond acceptors (Lipinski definition) is 4. The van der Waals surface area contributed by atoms with Gasteiger partial charge < -0.3 is 15.3 Å². The zero-order chi connectivity index (χ0) is 10.2. The minimum Gasteiger partial charge on any atom is -0.411 e. The van der Waals surface area contributed by atoms with Gasteiger partial charge >= 0.3 is 0 Å². The molecule has 1 unspecified atom stereocenters. The molecule has 0 aromatic heterocycles. The van der Waals surface area contributed by atoms with Crippen molar-refractivity contribution in [2.24, 2.45) is 11.1 Å². The first-order valence-electron chi connectivity index (χ1n) is 5.35. The van der Waals surface area contributed by atoms with Gasteiger partial charge in [-0.15, -0.1) is 0 Å². The second-order valence-corrected chi connectivity index (χ2v) is 3.70. The molecule has 0 spiro atoms. The van der Waals surface area contributed by atoms with Crippen LogP contribution in [0.2, 0.25) is 0 Å². The molecule has 4 heteroatoms. The molecular formula is C10H20N2O2. The molecule has 14 heavy (non-hydrogen) atoms. The molecule has 1 saturated heterocycles. The van der Waals surface area contributed by atoms with E-state index in [4.69, 9.17) is 9.94 Å². The Morgan fingerprint density at radius 2 is 2.50 bits per heavy atom. The highest BCUT2D eigenvalue weighted by Gasteiger charge is 2.14. The minimum absolute atomic E-state index is 0.672. The van der Waals surface area contributed by atoms with E-state index in [-0.39, 0.29) is 0 Å². The van der Waals surface area contributed by atoms with Crippen LogP contribution in [-0.2, 0) is 4.74 Å². The summed E-state index contributed by atoms with van der Waals surface area (Å²) in [7, 11) is 0. The third kappa shape index (κ3) is 4.07. The first-order chi connectivity index (χ1) is 6.86. The van der Waals surface area contributed by atoms with Crippen molar-refractivity contribution in [1.29, 1.82) is 0 Å². The summed E-state index contributed by atoms with van der Waals surface area (Å²) in [5.74, 6) is 0.672. The molecule has 1 rings (SSSR count). The lowest BCUT2D eigenvalue weighted by molar-refractivity contribution is 0.185. The molecule has 0 aromatic rings. The Balaban J connectivity index is 1.98. The second kappa shape index (κ2) is 6.79. The zero-order valence-corrected chi connectivity index (χ0v) is 8.83. The maximum absolute atomic E-state index is 8.58. The molecule has 0 bridgehead atoms. The predicted octanol–water partition coefficient (Wildman–Crippen LogP) is 1.24. The van der Waals surface area contributed by atoms with Crippen LogP contribution in [0.1, 0.15) is 26.2 Å².